The van der Waals surface area contributed by atoms with Gasteiger partial charge in [0.05, 0.1) is 5.01 Å². The molecule has 1 aromatic heterocycles. The first kappa shape index (κ1) is 13.7. The molecule has 2 aromatic rings. The Balaban J connectivity index is 1.72. The zero-order valence-electron chi connectivity index (χ0n) is 12.1. The highest BCUT2D eigenvalue weighted by Crippen LogP contribution is 2.33. The highest BCUT2D eigenvalue weighted by molar-refractivity contribution is 7.09. The Kier molecular flexibility index (Phi) is 3.87. The molecule has 0 saturated carbocycles. The molecule has 0 spiro atoms. The predicted molar refractivity (Wildman–Crippen MR) is 83.9 cm³/mol. The van der Waals surface area contributed by atoms with Crippen LogP contribution in [0.25, 0.3) is 0 Å². The summed E-state index contributed by atoms with van der Waals surface area (Å²) in [4.78, 5) is 7.03. The summed E-state index contributed by atoms with van der Waals surface area (Å²) in [6, 6.07) is 7.10. The van der Waals surface area contributed by atoms with Crippen molar-refractivity contribution in [1.29, 1.82) is 0 Å². The summed E-state index contributed by atoms with van der Waals surface area (Å²) in [5.41, 5.74) is 11.3. The van der Waals surface area contributed by atoms with E-state index in [1.807, 2.05) is 0 Å². The first-order chi connectivity index (χ1) is 9.67. The van der Waals surface area contributed by atoms with Crippen molar-refractivity contribution >= 4 is 11.3 Å². The molecule has 20 heavy (non-hydrogen) atoms. The van der Waals surface area contributed by atoms with Crippen molar-refractivity contribution < 1.29 is 0 Å². The van der Waals surface area contributed by atoms with E-state index in [1.165, 1.54) is 21.7 Å². The second kappa shape index (κ2) is 5.64. The zero-order valence-corrected chi connectivity index (χ0v) is 12.9. The van der Waals surface area contributed by atoms with Gasteiger partial charge >= 0.3 is 0 Å². The summed E-state index contributed by atoms with van der Waals surface area (Å²) in [5.74, 6) is 0. The van der Waals surface area contributed by atoms with Crippen LogP contribution >= 0.6 is 11.3 Å². The van der Waals surface area contributed by atoms with Crippen LogP contribution < -0.4 is 5.73 Å². The minimum Gasteiger partial charge on any atom is -0.329 e. The number of hydrogen-bond acceptors (Lipinski definition) is 4. The number of thiazole rings is 1. The first-order valence-electron chi connectivity index (χ1n) is 7.12. The molecule has 106 valence electrons. The van der Waals surface area contributed by atoms with E-state index in [9.17, 15) is 0 Å². The summed E-state index contributed by atoms with van der Waals surface area (Å²) in [5, 5.41) is 3.35. The van der Waals surface area contributed by atoms with Crippen LogP contribution in [0.4, 0.5) is 0 Å². The van der Waals surface area contributed by atoms with Crippen LogP contribution in [0, 0.1) is 13.8 Å². The Bertz CT molecular complexity index is 606. The lowest BCUT2D eigenvalue weighted by molar-refractivity contribution is 0.223. The van der Waals surface area contributed by atoms with Crippen LogP contribution in [0.15, 0.2) is 23.6 Å². The third-order valence-electron chi connectivity index (χ3n) is 3.98. The largest absolute Gasteiger partial charge is 0.329 e. The monoisotopic (exact) mass is 287 g/mol. The van der Waals surface area contributed by atoms with E-state index < -0.39 is 0 Å². The topological polar surface area (TPSA) is 42.1 Å². The Morgan fingerprint density at radius 2 is 2.25 bits per heavy atom. The van der Waals surface area contributed by atoms with Crippen molar-refractivity contribution in [3.05, 3.63) is 51.0 Å². The van der Waals surface area contributed by atoms with Crippen LogP contribution in [0.2, 0.25) is 0 Å². The van der Waals surface area contributed by atoms with E-state index in [4.69, 9.17) is 5.73 Å². The van der Waals surface area contributed by atoms with Crippen molar-refractivity contribution in [1.82, 2.24) is 9.88 Å². The van der Waals surface area contributed by atoms with Gasteiger partial charge in [-0.1, -0.05) is 23.8 Å². The fourth-order valence-corrected chi connectivity index (χ4v) is 3.73. The molecule has 0 amide bonds. The molecule has 0 saturated heterocycles. The SMILES string of the molecule is Cc1ccc2c(c1)C(CN)N(CCc1nc(C)cs1)C2. The first-order valence-corrected chi connectivity index (χ1v) is 8.00. The maximum atomic E-state index is 6.01. The van der Waals surface area contributed by atoms with Gasteiger partial charge in [0.2, 0.25) is 0 Å². The minimum absolute atomic E-state index is 0.367. The van der Waals surface area contributed by atoms with Crippen molar-refractivity contribution in [3.63, 3.8) is 0 Å². The third-order valence-corrected chi connectivity index (χ3v) is 5.00. The Hall–Kier alpha value is -1.23. The highest BCUT2D eigenvalue weighted by atomic mass is 32.1. The minimum atomic E-state index is 0.367. The molecule has 1 aromatic carbocycles. The van der Waals surface area contributed by atoms with Gasteiger partial charge in [0, 0.05) is 43.2 Å². The van der Waals surface area contributed by atoms with Crippen LogP contribution in [0.5, 0.6) is 0 Å². The van der Waals surface area contributed by atoms with E-state index in [1.54, 1.807) is 11.3 Å². The maximum absolute atomic E-state index is 6.01. The van der Waals surface area contributed by atoms with Gasteiger partial charge in [-0.2, -0.15) is 0 Å². The van der Waals surface area contributed by atoms with Gasteiger partial charge in [-0.15, -0.1) is 11.3 Å². The molecule has 4 heteroatoms. The van der Waals surface area contributed by atoms with Crippen molar-refractivity contribution in [2.24, 2.45) is 5.73 Å². The second-order valence-corrected chi connectivity index (χ2v) is 6.50. The van der Waals surface area contributed by atoms with Crippen molar-refractivity contribution in [3.8, 4) is 0 Å². The molecule has 1 aliphatic heterocycles. The second-order valence-electron chi connectivity index (χ2n) is 5.56. The number of nitrogens with zero attached hydrogens (tertiary/aromatic N) is 2. The summed E-state index contributed by atoms with van der Waals surface area (Å²) >= 11 is 1.76. The lowest BCUT2D eigenvalue weighted by atomic mass is 10.0. The molecule has 2 N–H and O–H groups in total. The summed E-state index contributed by atoms with van der Waals surface area (Å²) in [6.07, 6.45) is 1.02. The van der Waals surface area contributed by atoms with Gasteiger partial charge < -0.3 is 5.73 Å². The summed E-state index contributed by atoms with van der Waals surface area (Å²) in [7, 11) is 0. The molecular formula is C16H21N3S. The normalized spacial score (nSPS) is 18.4. The number of aromatic nitrogens is 1. The molecule has 0 aliphatic carbocycles. The van der Waals surface area contributed by atoms with Gasteiger partial charge in [-0.05, 0) is 25.0 Å². The van der Waals surface area contributed by atoms with E-state index >= 15 is 0 Å². The van der Waals surface area contributed by atoms with Crippen LogP contribution in [-0.2, 0) is 13.0 Å². The standard InChI is InChI=1S/C16H21N3S/c1-11-3-4-13-9-19(15(8-17)14(13)7-11)6-5-16-18-12(2)10-20-16/h3-4,7,10,15H,5-6,8-9,17H2,1-2H3. The maximum Gasteiger partial charge on any atom is 0.0940 e. The molecule has 1 aliphatic rings. The molecule has 0 radical (unpaired) electrons. The molecule has 3 nitrogen and oxygen atoms in total. The summed E-state index contributed by atoms with van der Waals surface area (Å²) < 4.78 is 0. The average Bonchev–Trinajstić information content (AvgIpc) is 2.99. The van der Waals surface area contributed by atoms with E-state index in [0.29, 0.717) is 12.6 Å². The van der Waals surface area contributed by atoms with Gasteiger partial charge in [0.15, 0.2) is 0 Å². The van der Waals surface area contributed by atoms with Crippen LogP contribution in [0.1, 0.15) is 33.4 Å². The number of benzene rings is 1. The summed E-state index contributed by atoms with van der Waals surface area (Å²) in [6.45, 7) is 6.93. The fourth-order valence-electron chi connectivity index (χ4n) is 2.96. The number of fused-ring (bicyclic) bond motifs is 1. The van der Waals surface area contributed by atoms with Crippen molar-refractivity contribution in [2.75, 3.05) is 13.1 Å². The van der Waals surface area contributed by atoms with Gasteiger partial charge in [-0.3, -0.25) is 4.90 Å². The Morgan fingerprint density at radius 3 is 2.95 bits per heavy atom. The van der Waals surface area contributed by atoms with E-state index in [0.717, 1.165) is 25.2 Å². The average molecular weight is 287 g/mol. The molecule has 1 unspecified atom stereocenters. The molecule has 2 heterocycles. The number of nitrogens with two attached hydrogens (primary N) is 1. The lowest BCUT2D eigenvalue weighted by Crippen LogP contribution is -2.29. The fraction of sp³-hybridized carbons (Fsp3) is 0.438. The molecule has 0 bridgehead atoms. The lowest BCUT2D eigenvalue weighted by Gasteiger charge is -2.23. The molecule has 1 atom stereocenters. The Morgan fingerprint density at radius 1 is 1.40 bits per heavy atom. The predicted octanol–water partition coefficient (Wildman–Crippen LogP) is 2.82. The van der Waals surface area contributed by atoms with Crippen LogP contribution in [-0.4, -0.2) is 23.0 Å². The van der Waals surface area contributed by atoms with Gasteiger partial charge in [-0.25, -0.2) is 4.98 Å². The zero-order chi connectivity index (χ0) is 14.1. The molecular weight excluding hydrogens is 266 g/mol. The highest BCUT2D eigenvalue weighted by Gasteiger charge is 2.28. The van der Waals surface area contributed by atoms with Gasteiger partial charge in [0.25, 0.3) is 0 Å². The third kappa shape index (κ3) is 2.64. The van der Waals surface area contributed by atoms with E-state index in [2.05, 4.69) is 47.3 Å². The Labute approximate surface area is 124 Å². The number of aryl methyl sites for hydroxylation is 2. The van der Waals surface area contributed by atoms with Crippen molar-refractivity contribution in [2.45, 2.75) is 32.9 Å². The number of hydrogen-bond donors (Lipinski definition) is 1. The smallest absolute Gasteiger partial charge is 0.0940 e. The quantitative estimate of drug-likeness (QED) is 0.940. The van der Waals surface area contributed by atoms with Gasteiger partial charge in [0.1, 0.15) is 0 Å². The van der Waals surface area contributed by atoms with E-state index in [-0.39, 0.29) is 0 Å². The molecule has 3 rings (SSSR count). The molecule has 0 fully saturated rings. The van der Waals surface area contributed by atoms with Crippen LogP contribution in [0.3, 0.4) is 0 Å². The number of rotatable bonds is 4.